The fourth-order valence-corrected chi connectivity index (χ4v) is 4.65. The van der Waals surface area contributed by atoms with Crippen LogP contribution in [0.3, 0.4) is 0 Å². The Labute approximate surface area is 157 Å². The molecule has 0 bridgehead atoms. The molecule has 1 aromatic heterocycles. The number of ether oxygens (including phenoxy) is 2. The third-order valence-corrected chi connectivity index (χ3v) is 5.74. The smallest absolute Gasteiger partial charge is 0.341 e. The maximum atomic E-state index is 12.8. The van der Waals surface area contributed by atoms with E-state index in [1.807, 2.05) is 6.07 Å². The maximum Gasteiger partial charge on any atom is 0.341 e. The molecule has 1 aliphatic rings. The minimum Gasteiger partial charge on any atom is -0.496 e. The molecule has 5 nitrogen and oxygen atoms in total. The molecule has 0 spiro atoms. The molecule has 6 heteroatoms. The van der Waals surface area contributed by atoms with Gasteiger partial charge in [-0.3, -0.25) is 4.79 Å². The highest BCUT2D eigenvalue weighted by Crippen LogP contribution is 2.40. The molecule has 1 aliphatic carbocycles. The number of nitrogens with one attached hydrogen (secondary N) is 1. The zero-order valence-corrected chi connectivity index (χ0v) is 16.1. The van der Waals surface area contributed by atoms with Crippen molar-refractivity contribution in [2.45, 2.75) is 33.1 Å². The maximum absolute atomic E-state index is 12.8. The summed E-state index contributed by atoms with van der Waals surface area (Å²) < 4.78 is 10.5. The monoisotopic (exact) mass is 373 g/mol. The Morgan fingerprint density at radius 1 is 1.31 bits per heavy atom. The molecule has 1 N–H and O–H groups in total. The van der Waals surface area contributed by atoms with Gasteiger partial charge in [-0.1, -0.05) is 19.1 Å². The van der Waals surface area contributed by atoms with Gasteiger partial charge in [0.2, 0.25) is 0 Å². The van der Waals surface area contributed by atoms with E-state index in [4.69, 9.17) is 9.47 Å². The number of esters is 1. The summed E-state index contributed by atoms with van der Waals surface area (Å²) in [6.45, 7) is 4.30. The van der Waals surface area contributed by atoms with E-state index in [1.165, 1.54) is 23.3 Å². The molecule has 138 valence electrons. The van der Waals surface area contributed by atoms with Gasteiger partial charge in [-0.2, -0.15) is 0 Å². The van der Waals surface area contributed by atoms with Crippen LogP contribution in [0.5, 0.6) is 5.75 Å². The van der Waals surface area contributed by atoms with Crippen molar-refractivity contribution in [2.24, 2.45) is 5.92 Å². The molecule has 26 heavy (non-hydrogen) atoms. The van der Waals surface area contributed by atoms with Crippen LogP contribution in [0.25, 0.3) is 0 Å². The average molecular weight is 373 g/mol. The van der Waals surface area contributed by atoms with Gasteiger partial charge in [0.25, 0.3) is 5.91 Å². The summed E-state index contributed by atoms with van der Waals surface area (Å²) in [5.41, 5.74) is 1.98. The summed E-state index contributed by atoms with van der Waals surface area (Å²) in [4.78, 5) is 26.5. The van der Waals surface area contributed by atoms with Crippen LogP contribution in [0, 0.1) is 5.92 Å². The van der Waals surface area contributed by atoms with Crippen LogP contribution < -0.4 is 10.1 Å². The predicted octanol–water partition coefficient (Wildman–Crippen LogP) is 4.31. The molecule has 0 unspecified atom stereocenters. The van der Waals surface area contributed by atoms with Crippen molar-refractivity contribution in [1.82, 2.24) is 0 Å². The Kier molecular flexibility index (Phi) is 5.61. The first-order valence-corrected chi connectivity index (χ1v) is 9.62. The summed E-state index contributed by atoms with van der Waals surface area (Å²) in [6, 6.07) is 7.03. The molecular weight excluding hydrogens is 350 g/mol. The first-order chi connectivity index (χ1) is 12.5. The zero-order chi connectivity index (χ0) is 18.7. The van der Waals surface area contributed by atoms with Crippen molar-refractivity contribution in [2.75, 3.05) is 19.0 Å². The fourth-order valence-electron chi connectivity index (χ4n) is 3.26. The quantitative estimate of drug-likeness (QED) is 0.793. The first kappa shape index (κ1) is 18.5. The Morgan fingerprint density at radius 2 is 2.08 bits per heavy atom. The molecule has 0 saturated heterocycles. The minimum atomic E-state index is -0.366. The number of amides is 1. The number of benzene rings is 1. The molecule has 1 atom stereocenters. The topological polar surface area (TPSA) is 64.6 Å². The van der Waals surface area contributed by atoms with Crippen LogP contribution in [0.4, 0.5) is 5.00 Å². The van der Waals surface area contributed by atoms with Gasteiger partial charge in [0, 0.05) is 4.88 Å². The summed E-state index contributed by atoms with van der Waals surface area (Å²) in [5, 5.41) is 3.48. The summed E-state index contributed by atoms with van der Waals surface area (Å²) in [7, 11) is 1.53. The van der Waals surface area contributed by atoms with E-state index in [0.717, 1.165) is 24.8 Å². The second kappa shape index (κ2) is 7.91. The largest absolute Gasteiger partial charge is 0.496 e. The Morgan fingerprint density at radius 3 is 2.81 bits per heavy atom. The lowest BCUT2D eigenvalue weighted by molar-refractivity contribution is 0.0526. The molecule has 0 radical (unpaired) electrons. The lowest BCUT2D eigenvalue weighted by atomic mass is 9.88. The van der Waals surface area contributed by atoms with E-state index < -0.39 is 0 Å². The number of rotatable bonds is 5. The summed E-state index contributed by atoms with van der Waals surface area (Å²) in [5.74, 6) is 0.418. The molecule has 3 rings (SSSR count). The third kappa shape index (κ3) is 3.60. The number of carbonyl (C=O) groups is 2. The summed E-state index contributed by atoms with van der Waals surface area (Å²) >= 11 is 1.48. The van der Waals surface area contributed by atoms with E-state index in [-0.39, 0.29) is 11.9 Å². The predicted molar refractivity (Wildman–Crippen MR) is 102 cm³/mol. The molecular formula is C20H23NO4S. The van der Waals surface area contributed by atoms with E-state index in [9.17, 15) is 9.59 Å². The van der Waals surface area contributed by atoms with E-state index in [1.54, 1.807) is 25.1 Å². The highest BCUT2D eigenvalue weighted by atomic mass is 32.1. The van der Waals surface area contributed by atoms with Crippen LogP contribution in [-0.2, 0) is 17.6 Å². The first-order valence-electron chi connectivity index (χ1n) is 8.81. The molecule has 0 aliphatic heterocycles. The Balaban J connectivity index is 1.96. The van der Waals surface area contributed by atoms with Crippen molar-refractivity contribution in [3.8, 4) is 5.75 Å². The lowest BCUT2D eigenvalue weighted by Gasteiger charge is -2.18. The van der Waals surface area contributed by atoms with Gasteiger partial charge < -0.3 is 14.8 Å². The van der Waals surface area contributed by atoms with Crippen molar-refractivity contribution in [3.63, 3.8) is 0 Å². The van der Waals surface area contributed by atoms with Crippen LogP contribution in [-0.4, -0.2) is 25.6 Å². The number of hydrogen-bond donors (Lipinski definition) is 1. The second-order valence-electron chi connectivity index (χ2n) is 6.43. The van der Waals surface area contributed by atoms with E-state index in [0.29, 0.717) is 34.4 Å². The highest BCUT2D eigenvalue weighted by Gasteiger charge is 2.29. The summed E-state index contributed by atoms with van der Waals surface area (Å²) in [6.07, 6.45) is 2.80. The van der Waals surface area contributed by atoms with Gasteiger partial charge >= 0.3 is 5.97 Å². The van der Waals surface area contributed by atoms with E-state index in [2.05, 4.69) is 12.2 Å². The molecule has 1 amide bonds. The van der Waals surface area contributed by atoms with Crippen LogP contribution in [0.15, 0.2) is 24.3 Å². The van der Waals surface area contributed by atoms with Crippen LogP contribution in [0.2, 0.25) is 0 Å². The number of hydrogen-bond acceptors (Lipinski definition) is 5. The van der Waals surface area contributed by atoms with Gasteiger partial charge in [0.1, 0.15) is 10.8 Å². The SMILES string of the molecule is CCOC(=O)c1c(NC(=O)c2ccccc2OC)sc2c1CC[C@H](C)C2. The van der Waals surface area contributed by atoms with Gasteiger partial charge in [0.05, 0.1) is 24.8 Å². The van der Waals surface area contributed by atoms with Crippen molar-refractivity contribution in [1.29, 1.82) is 0 Å². The standard InChI is InChI=1S/C20H23NO4S/c1-4-25-20(23)17-14-10-9-12(2)11-16(14)26-19(17)21-18(22)13-7-5-6-8-15(13)24-3/h5-8,12H,4,9-11H2,1-3H3,(H,21,22)/t12-/m0/s1. The van der Waals surface area contributed by atoms with Crippen molar-refractivity contribution >= 4 is 28.2 Å². The fraction of sp³-hybridized carbons (Fsp3) is 0.400. The molecule has 0 fully saturated rings. The molecule has 0 saturated carbocycles. The van der Waals surface area contributed by atoms with Gasteiger partial charge in [0.15, 0.2) is 0 Å². The van der Waals surface area contributed by atoms with E-state index >= 15 is 0 Å². The Hall–Kier alpha value is -2.34. The lowest BCUT2D eigenvalue weighted by Crippen LogP contribution is -2.17. The number of carbonyl (C=O) groups excluding carboxylic acids is 2. The van der Waals surface area contributed by atoms with Crippen molar-refractivity contribution < 1.29 is 19.1 Å². The minimum absolute atomic E-state index is 0.292. The molecule has 1 heterocycles. The van der Waals surface area contributed by atoms with Crippen molar-refractivity contribution in [3.05, 3.63) is 45.8 Å². The van der Waals surface area contributed by atoms with Crippen LogP contribution in [0.1, 0.15) is 51.4 Å². The normalized spacial score (nSPS) is 15.9. The number of anilines is 1. The average Bonchev–Trinajstić information content (AvgIpc) is 2.98. The van der Waals surface area contributed by atoms with Gasteiger partial charge in [-0.25, -0.2) is 4.79 Å². The highest BCUT2D eigenvalue weighted by molar-refractivity contribution is 7.17. The zero-order valence-electron chi connectivity index (χ0n) is 15.3. The third-order valence-electron chi connectivity index (χ3n) is 4.57. The van der Waals surface area contributed by atoms with Gasteiger partial charge in [-0.05, 0) is 49.8 Å². The van der Waals surface area contributed by atoms with Gasteiger partial charge in [-0.15, -0.1) is 11.3 Å². The number of fused-ring (bicyclic) bond motifs is 1. The number of para-hydroxylation sites is 1. The van der Waals surface area contributed by atoms with Crippen LogP contribution >= 0.6 is 11.3 Å². The number of thiophene rings is 1. The molecule has 2 aromatic rings. The Bertz CT molecular complexity index is 827. The number of methoxy groups -OCH3 is 1. The second-order valence-corrected chi connectivity index (χ2v) is 7.54. The molecule has 1 aromatic carbocycles.